The molecule has 0 bridgehead atoms. The average molecular weight is 442 g/mol. The summed E-state index contributed by atoms with van der Waals surface area (Å²) in [6.45, 7) is 0. The summed E-state index contributed by atoms with van der Waals surface area (Å²) in [6.07, 6.45) is 0. The van der Waals surface area contributed by atoms with E-state index in [9.17, 15) is 0 Å². The molecule has 0 amide bonds. The van der Waals surface area contributed by atoms with Crippen LogP contribution in [0.25, 0.3) is 22.8 Å². The first-order chi connectivity index (χ1) is 15.8. The Balaban J connectivity index is 1.50. The minimum absolute atomic E-state index is 0.533. The summed E-state index contributed by atoms with van der Waals surface area (Å²) in [5.74, 6) is 2.76. The lowest BCUT2D eigenvalue weighted by Gasteiger charge is -2.11. The minimum atomic E-state index is 0.533. The molecule has 32 heavy (non-hydrogen) atoms. The van der Waals surface area contributed by atoms with Crippen LogP contribution in [-0.2, 0) is 5.75 Å². The number of hydrogen-bond donors (Lipinski definition) is 0. The molecule has 0 aliphatic heterocycles. The molecule has 0 saturated carbocycles. The fourth-order valence-corrected chi connectivity index (χ4v) is 4.17. The van der Waals surface area contributed by atoms with Gasteiger partial charge in [0, 0.05) is 11.3 Å². The molecule has 5 rings (SSSR count). The largest absolute Gasteiger partial charge is 0.497 e. The molecule has 9 heteroatoms. The number of ether oxygens (including phenoxy) is 1. The number of rotatable bonds is 7. The van der Waals surface area contributed by atoms with E-state index in [0.717, 1.165) is 39.5 Å². The molecular formula is C23H19N7OS. The van der Waals surface area contributed by atoms with Gasteiger partial charge in [-0.15, -0.1) is 15.3 Å². The van der Waals surface area contributed by atoms with Crippen molar-refractivity contribution in [2.24, 2.45) is 0 Å². The molecule has 0 aliphatic carbocycles. The molecule has 158 valence electrons. The van der Waals surface area contributed by atoms with Crippen LogP contribution in [0.1, 0.15) is 5.82 Å². The smallest absolute Gasteiger partial charge is 0.196 e. The zero-order valence-corrected chi connectivity index (χ0v) is 18.1. The van der Waals surface area contributed by atoms with Crippen LogP contribution in [0.5, 0.6) is 5.75 Å². The lowest BCUT2D eigenvalue weighted by atomic mass is 10.2. The Morgan fingerprint density at radius 1 is 0.812 bits per heavy atom. The highest BCUT2D eigenvalue weighted by molar-refractivity contribution is 7.98. The van der Waals surface area contributed by atoms with Gasteiger partial charge in [-0.05, 0) is 46.8 Å². The van der Waals surface area contributed by atoms with Crippen molar-refractivity contribution in [2.75, 3.05) is 7.11 Å². The third-order valence-electron chi connectivity index (χ3n) is 4.84. The van der Waals surface area contributed by atoms with Gasteiger partial charge in [-0.1, -0.05) is 60.3 Å². The first-order valence-electron chi connectivity index (χ1n) is 9.94. The lowest BCUT2D eigenvalue weighted by Crippen LogP contribution is -2.03. The summed E-state index contributed by atoms with van der Waals surface area (Å²) < 4.78 is 9.17. The maximum Gasteiger partial charge on any atom is 0.196 e. The normalized spacial score (nSPS) is 10.9. The fourth-order valence-electron chi connectivity index (χ4n) is 3.32. The second-order valence-electron chi connectivity index (χ2n) is 6.84. The number of tetrazole rings is 1. The summed E-state index contributed by atoms with van der Waals surface area (Å²) in [4.78, 5) is 0. The zero-order chi connectivity index (χ0) is 21.8. The van der Waals surface area contributed by atoms with Gasteiger partial charge in [0.15, 0.2) is 16.8 Å². The first-order valence-corrected chi connectivity index (χ1v) is 10.9. The van der Waals surface area contributed by atoms with E-state index in [1.54, 1.807) is 11.8 Å². The zero-order valence-electron chi connectivity index (χ0n) is 17.2. The van der Waals surface area contributed by atoms with Crippen LogP contribution in [0.2, 0.25) is 0 Å². The van der Waals surface area contributed by atoms with E-state index >= 15 is 0 Å². The fraction of sp³-hybridized carbons (Fsp3) is 0.0870. The highest BCUT2D eigenvalue weighted by atomic mass is 32.2. The maximum absolute atomic E-state index is 5.39. The van der Waals surface area contributed by atoms with Crippen LogP contribution in [0, 0.1) is 0 Å². The SMILES string of the molecule is COc1cccc(-c2nnc(SCc3nnnn3-c3ccccc3)n2-c2ccccc2)c1. The monoisotopic (exact) mass is 441 g/mol. The molecule has 3 aromatic carbocycles. The Bertz CT molecular complexity index is 1320. The standard InChI is InChI=1S/C23H19N7OS/c1-31-20-14-8-9-17(15-20)22-25-26-23(29(22)18-10-4-2-5-11-18)32-16-21-24-27-28-30(21)19-12-6-3-7-13-19/h2-15H,16H2,1H3. The Morgan fingerprint density at radius 3 is 2.31 bits per heavy atom. The van der Waals surface area contributed by atoms with E-state index in [2.05, 4.69) is 25.7 Å². The van der Waals surface area contributed by atoms with Crippen LogP contribution in [-0.4, -0.2) is 42.1 Å². The molecule has 0 unspecified atom stereocenters. The Morgan fingerprint density at radius 2 is 1.56 bits per heavy atom. The molecule has 0 saturated heterocycles. The molecule has 5 aromatic rings. The van der Waals surface area contributed by atoms with Crippen molar-refractivity contribution in [3.63, 3.8) is 0 Å². The molecule has 8 nitrogen and oxygen atoms in total. The van der Waals surface area contributed by atoms with E-state index in [4.69, 9.17) is 4.74 Å². The number of methoxy groups -OCH3 is 1. The van der Waals surface area contributed by atoms with Crippen LogP contribution >= 0.6 is 11.8 Å². The maximum atomic E-state index is 5.39. The van der Waals surface area contributed by atoms with Crippen LogP contribution < -0.4 is 4.74 Å². The molecule has 2 aromatic heterocycles. The predicted octanol–water partition coefficient (Wildman–Crippen LogP) is 4.21. The summed E-state index contributed by atoms with van der Waals surface area (Å²) in [5, 5.41) is 21.9. The van der Waals surface area contributed by atoms with Crippen molar-refractivity contribution in [1.82, 2.24) is 35.0 Å². The van der Waals surface area contributed by atoms with Gasteiger partial charge in [-0.3, -0.25) is 4.57 Å². The Labute approximate surface area is 188 Å². The summed E-state index contributed by atoms with van der Waals surface area (Å²) in [7, 11) is 1.65. The number of aromatic nitrogens is 7. The quantitative estimate of drug-likeness (QED) is 0.350. The van der Waals surface area contributed by atoms with Crippen molar-refractivity contribution in [3.05, 3.63) is 90.8 Å². The van der Waals surface area contributed by atoms with E-state index in [1.807, 2.05) is 89.5 Å². The van der Waals surface area contributed by atoms with Gasteiger partial charge in [0.05, 0.1) is 18.6 Å². The number of thioether (sulfide) groups is 1. The predicted molar refractivity (Wildman–Crippen MR) is 122 cm³/mol. The van der Waals surface area contributed by atoms with Crippen LogP contribution in [0.15, 0.2) is 90.1 Å². The second-order valence-corrected chi connectivity index (χ2v) is 7.78. The van der Waals surface area contributed by atoms with Crippen molar-refractivity contribution in [2.45, 2.75) is 10.9 Å². The van der Waals surface area contributed by atoms with E-state index in [1.165, 1.54) is 11.8 Å². The number of para-hydroxylation sites is 2. The van der Waals surface area contributed by atoms with Gasteiger partial charge in [-0.2, -0.15) is 4.68 Å². The molecule has 0 aliphatic rings. The van der Waals surface area contributed by atoms with Gasteiger partial charge in [0.25, 0.3) is 0 Å². The van der Waals surface area contributed by atoms with Gasteiger partial charge < -0.3 is 4.74 Å². The highest BCUT2D eigenvalue weighted by Gasteiger charge is 2.18. The van der Waals surface area contributed by atoms with Crippen molar-refractivity contribution in [1.29, 1.82) is 0 Å². The minimum Gasteiger partial charge on any atom is -0.497 e. The molecule has 0 N–H and O–H groups in total. The van der Waals surface area contributed by atoms with Crippen molar-refractivity contribution >= 4 is 11.8 Å². The number of hydrogen-bond acceptors (Lipinski definition) is 7. The third kappa shape index (κ3) is 3.97. The van der Waals surface area contributed by atoms with Gasteiger partial charge in [0.2, 0.25) is 0 Å². The van der Waals surface area contributed by atoms with Crippen LogP contribution in [0.4, 0.5) is 0 Å². The van der Waals surface area contributed by atoms with E-state index < -0.39 is 0 Å². The van der Waals surface area contributed by atoms with Crippen molar-refractivity contribution < 1.29 is 4.74 Å². The first kappa shape index (κ1) is 20.0. The number of nitrogens with zero attached hydrogens (tertiary/aromatic N) is 7. The van der Waals surface area contributed by atoms with Gasteiger partial charge >= 0.3 is 0 Å². The second kappa shape index (κ2) is 9.03. The van der Waals surface area contributed by atoms with E-state index in [0.29, 0.717) is 5.75 Å². The third-order valence-corrected chi connectivity index (χ3v) is 5.77. The summed E-state index contributed by atoms with van der Waals surface area (Å²) in [5.41, 5.74) is 2.80. The number of benzene rings is 3. The van der Waals surface area contributed by atoms with Crippen LogP contribution in [0.3, 0.4) is 0 Å². The molecule has 0 fully saturated rings. The topological polar surface area (TPSA) is 83.5 Å². The summed E-state index contributed by atoms with van der Waals surface area (Å²) in [6, 6.07) is 27.7. The van der Waals surface area contributed by atoms with E-state index in [-0.39, 0.29) is 0 Å². The summed E-state index contributed by atoms with van der Waals surface area (Å²) >= 11 is 1.53. The van der Waals surface area contributed by atoms with Gasteiger partial charge in [-0.25, -0.2) is 0 Å². The lowest BCUT2D eigenvalue weighted by molar-refractivity contribution is 0.415. The molecular weight excluding hydrogens is 422 g/mol. The highest BCUT2D eigenvalue weighted by Crippen LogP contribution is 2.31. The van der Waals surface area contributed by atoms with Gasteiger partial charge in [0.1, 0.15) is 5.75 Å². The molecule has 2 heterocycles. The molecule has 0 spiro atoms. The average Bonchev–Trinajstić information content (AvgIpc) is 3.51. The molecule has 0 atom stereocenters. The van der Waals surface area contributed by atoms with Crippen molar-refractivity contribution in [3.8, 4) is 28.5 Å². The molecule has 0 radical (unpaired) electrons. The Kier molecular flexibility index (Phi) is 5.63. The Hall–Kier alpha value is -3.98.